The summed E-state index contributed by atoms with van der Waals surface area (Å²) in [5, 5.41) is 16.6. The number of carboxylic acids is 1. The van der Waals surface area contributed by atoms with Gasteiger partial charge < -0.3 is 10.4 Å². The van der Waals surface area contributed by atoms with Gasteiger partial charge in [0.05, 0.1) is 11.8 Å². The zero-order valence-corrected chi connectivity index (χ0v) is 13.7. The number of carbonyl (C=O) groups is 2. The number of nitrogens with zero attached hydrogens (tertiary/aromatic N) is 2. The van der Waals surface area contributed by atoms with Crippen molar-refractivity contribution in [3.63, 3.8) is 0 Å². The lowest BCUT2D eigenvalue weighted by molar-refractivity contribution is -0.146. The quantitative estimate of drug-likeness (QED) is 0.895. The topological polar surface area (TPSA) is 84.2 Å². The Morgan fingerprint density at radius 2 is 2.00 bits per heavy atom. The Hall–Kier alpha value is -1.85. The van der Waals surface area contributed by atoms with Gasteiger partial charge in [-0.2, -0.15) is 5.10 Å². The fourth-order valence-corrected chi connectivity index (χ4v) is 3.10. The normalized spacial score (nSPS) is 25.2. The van der Waals surface area contributed by atoms with E-state index in [1.807, 2.05) is 20.8 Å². The molecule has 1 saturated carbocycles. The second-order valence-electron chi connectivity index (χ2n) is 6.71. The van der Waals surface area contributed by atoms with E-state index >= 15 is 0 Å². The van der Waals surface area contributed by atoms with Crippen molar-refractivity contribution >= 4 is 11.9 Å². The molecule has 0 bridgehead atoms. The Kier molecular flexibility index (Phi) is 4.58. The van der Waals surface area contributed by atoms with E-state index in [0.717, 1.165) is 18.5 Å². The molecule has 2 rings (SSSR count). The van der Waals surface area contributed by atoms with E-state index in [4.69, 9.17) is 0 Å². The Balaban J connectivity index is 2.21. The molecule has 122 valence electrons. The van der Waals surface area contributed by atoms with E-state index in [9.17, 15) is 14.7 Å². The molecule has 1 fully saturated rings. The summed E-state index contributed by atoms with van der Waals surface area (Å²) >= 11 is 0. The molecule has 22 heavy (non-hydrogen) atoms. The molecule has 0 aliphatic heterocycles. The highest BCUT2D eigenvalue weighted by atomic mass is 16.4. The van der Waals surface area contributed by atoms with Gasteiger partial charge in [-0.1, -0.05) is 6.92 Å². The number of amides is 1. The maximum absolute atomic E-state index is 12.5. The highest BCUT2D eigenvalue weighted by Crippen LogP contribution is 2.32. The Bertz CT molecular complexity index is 569. The monoisotopic (exact) mass is 307 g/mol. The Labute approximate surface area is 130 Å². The van der Waals surface area contributed by atoms with Gasteiger partial charge in [-0.3, -0.25) is 9.48 Å². The number of aliphatic carboxylic acids is 1. The molecule has 0 unspecified atom stereocenters. The van der Waals surface area contributed by atoms with Crippen molar-refractivity contribution in [1.82, 2.24) is 15.1 Å². The SMILES string of the molecule is Cc1c(C(=O)NC2(C(=O)O)CCC(C)CC2)cnn1C(C)C. The van der Waals surface area contributed by atoms with Gasteiger partial charge in [-0.25, -0.2) is 4.79 Å². The van der Waals surface area contributed by atoms with E-state index in [1.54, 1.807) is 4.68 Å². The van der Waals surface area contributed by atoms with E-state index < -0.39 is 11.5 Å². The summed E-state index contributed by atoms with van der Waals surface area (Å²) in [7, 11) is 0. The molecule has 1 amide bonds. The molecule has 1 aromatic heterocycles. The molecule has 1 heterocycles. The lowest BCUT2D eigenvalue weighted by Gasteiger charge is -2.36. The van der Waals surface area contributed by atoms with Crippen molar-refractivity contribution in [3.8, 4) is 0 Å². The highest BCUT2D eigenvalue weighted by Gasteiger charge is 2.43. The Morgan fingerprint density at radius 3 is 2.45 bits per heavy atom. The first-order chi connectivity index (χ1) is 10.3. The number of carbonyl (C=O) groups excluding carboxylic acids is 1. The van der Waals surface area contributed by atoms with E-state index in [2.05, 4.69) is 17.3 Å². The first kappa shape index (κ1) is 16.5. The summed E-state index contributed by atoms with van der Waals surface area (Å²) < 4.78 is 1.77. The molecule has 1 aliphatic rings. The summed E-state index contributed by atoms with van der Waals surface area (Å²) in [5.74, 6) is -0.780. The fourth-order valence-electron chi connectivity index (χ4n) is 3.10. The second-order valence-corrected chi connectivity index (χ2v) is 6.71. The van der Waals surface area contributed by atoms with Gasteiger partial charge in [0.15, 0.2) is 0 Å². The zero-order valence-electron chi connectivity index (χ0n) is 13.7. The minimum absolute atomic E-state index is 0.158. The zero-order chi connectivity index (χ0) is 16.5. The summed E-state index contributed by atoms with van der Waals surface area (Å²) in [6, 6.07) is 0.158. The van der Waals surface area contributed by atoms with Crippen LogP contribution < -0.4 is 5.32 Å². The van der Waals surface area contributed by atoms with Crippen LogP contribution in [0.2, 0.25) is 0 Å². The number of hydrogen-bond acceptors (Lipinski definition) is 3. The lowest BCUT2D eigenvalue weighted by Crippen LogP contribution is -2.56. The van der Waals surface area contributed by atoms with Crippen molar-refractivity contribution in [2.24, 2.45) is 5.92 Å². The van der Waals surface area contributed by atoms with Crippen molar-refractivity contribution in [2.45, 2.75) is 65.0 Å². The van der Waals surface area contributed by atoms with Crippen LogP contribution in [0.15, 0.2) is 6.20 Å². The molecular formula is C16H25N3O3. The van der Waals surface area contributed by atoms with E-state index in [0.29, 0.717) is 24.3 Å². The standard InChI is InChI=1S/C16H25N3O3/c1-10(2)19-12(4)13(9-17-19)14(20)18-16(15(21)22)7-5-11(3)6-8-16/h9-11H,5-8H2,1-4H3,(H,18,20)(H,21,22). The van der Waals surface area contributed by atoms with Gasteiger partial charge >= 0.3 is 5.97 Å². The van der Waals surface area contributed by atoms with Gasteiger partial charge in [0.1, 0.15) is 5.54 Å². The van der Waals surface area contributed by atoms with Crippen LogP contribution in [0.5, 0.6) is 0 Å². The van der Waals surface area contributed by atoms with Crippen LogP contribution in [0.3, 0.4) is 0 Å². The van der Waals surface area contributed by atoms with Crippen LogP contribution in [-0.4, -0.2) is 32.3 Å². The molecule has 0 spiro atoms. The van der Waals surface area contributed by atoms with Gasteiger partial charge in [-0.05, 0) is 52.4 Å². The number of aromatic nitrogens is 2. The predicted octanol–water partition coefficient (Wildman–Crippen LogP) is 2.54. The third-order valence-corrected chi connectivity index (χ3v) is 4.67. The largest absolute Gasteiger partial charge is 0.480 e. The van der Waals surface area contributed by atoms with Crippen molar-refractivity contribution in [1.29, 1.82) is 0 Å². The molecule has 2 N–H and O–H groups in total. The van der Waals surface area contributed by atoms with Gasteiger partial charge in [0.25, 0.3) is 5.91 Å². The number of nitrogens with one attached hydrogen (secondary N) is 1. The molecular weight excluding hydrogens is 282 g/mol. The first-order valence-corrected chi connectivity index (χ1v) is 7.87. The maximum Gasteiger partial charge on any atom is 0.329 e. The number of carboxylic acid groups (broad SMARTS) is 1. The summed E-state index contributed by atoms with van der Waals surface area (Å²) in [6.45, 7) is 7.93. The maximum atomic E-state index is 12.5. The van der Waals surface area contributed by atoms with Crippen LogP contribution >= 0.6 is 0 Å². The fraction of sp³-hybridized carbons (Fsp3) is 0.688. The lowest BCUT2D eigenvalue weighted by atomic mass is 9.77. The predicted molar refractivity (Wildman–Crippen MR) is 82.8 cm³/mol. The molecule has 0 radical (unpaired) electrons. The third-order valence-electron chi connectivity index (χ3n) is 4.67. The minimum atomic E-state index is -1.14. The first-order valence-electron chi connectivity index (χ1n) is 7.87. The average Bonchev–Trinajstić information content (AvgIpc) is 2.83. The number of rotatable bonds is 4. The summed E-state index contributed by atoms with van der Waals surface area (Å²) in [4.78, 5) is 24.2. The van der Waals surface area contributed by atoms with Crippen LogP contribution in [0.1, 0.15) is 68.5 Å². The number of hydrogen-bond donors (Lipinski definition) is 2. The molecule has 0 saturated heterocycles. The van der Waals surface area contributed by atoms with Crippen LogP contribution in [0.25, 0.3) is 0 Å². The molecule has 1 aromatic rings. The molecule has 1 aliphatic carbocycles. The highest BCUT2D eigenvalue weighted by molar-refractivity contribution is 5.98. The van der Waals surface area contributed by atoms with Gasteiger partial charge in [0.2, 0.25) is 0 Å². The van der Waals surface area contributed by atoms with Crippen molar-refractivity contribution in [2.75, 3.05) is 0 Å². The molecule has 6 nitrogen and oxygen atoms in total. The minimum Gasteiger partial charge on any atom is -0.480 e. The van der Waals surface area contributed by atoms with Gasteiger partial charge in [0, 0.05) is 11.7 Å². The average molecular weight is 307 g/mol. The Morgan fingerprint density at radius 1 is 1.41 bits per heavy atom. The summed E-state index contributed by atoms with van der Waals surface area (Å²) in [6.07, 6.45) is 4.11. The molecule has 6 heteroatoms. The molecule has 0 atom stereocenters. The summed E-state index contributed by atoms with van der Waals surface area (Å²) in [5.41, 5.74) is 0.0702. The van der Waals surface area contributed by atoms with Crippen LogP contribution in [0.4, 0.5) is 0 Å². The van der Waals surface area contributed by atoms with Crippen LogP contribution in [-0.2, 0) is 4.79 Å². The third kappa shape index (κ3) is 3.00. The van der Waals surface area contributed by atoms with E-state index in [1.165, 1.54) is 6.20 Å². The van der Waals surface area contributed by atoms with Crippen molar-refractivity contribution in [3.05, 3.63) is 17.5 Å². The van der Waals surface area contributed by atoms with Crippen LogP contribution in [0, 0.1) is 12.8 Å². The molecule has 0 aromatic carbocycles. The van der Waals surface area contributed by atoms with Gasteiger partial charge in [-0.15, -0.1) is 0 Å². The van der Waals surface area contributed by atoms with Crippen molar-refractivity contribution < 1.29 is 14.7 Å². The smallest absolute Gasteiger partial charge is 0.329 e. The second kappa shape index (κ2) is 6.10. The van der Waals surface area contributed by atoms with E-state index in [-0.39, 0.29) is 11.9 Å².